The molecule has 1 heterocycles. The molecule has 0 aliphatic carbocycles. The Hall–Kier alpha value is -1.43. The number of nitrogens with zero attached hydrogens (tertiary/aromatic N) is 2. The molecule has 0 saturated carbocycles. The van der Waals surface area contributed by atoms with Gasteiger partial charge in [-0.25, -0.2) is 9.78 Å². The van der Waals surface area contributed by atoms with Gasteiger partial charge in [0.1, 0.15) is 0 Å². The quantitative estimate of drug-likeness (QED) is 0.923. The summed E-state index contributed by atoms with van der Waals surface area (Å²) in [5.41, 5.74) is 0.284. The third-order valence-electron chi connectivity index (χ3n) is 2.34. The lowest BCUT2D eigenvalue weighted by molar-refractivity contribution is 0.0686. The van der Waals surface area contributed by atoms with E-state index in [2.05, 4.69) is 20.9 Å². The third kappa shape index (κ3) is 3.03. The molecule has 0 atom stereocenters. The summed E-state index contributed by atoms with van der Waals surface area (Å²) in [6, 6.07) is 1.48. The van der Waals surface area contributed by atoms with E-state index in [-0.39, 0.29) is 11.6 Å². The summed E-state index contributed by atoms with van der Waals surface area (Å²) >= 11 is 3.09. The maximum Gasteiger partial charge on any atom is 0.355 e. The molecule has 0 saturated heterocycles. The minimum absolute atomic E-state index is 0.0962. The van der Waals surface area contributed by atoms with E-state index in [9.17, 15) is 9.59 Å². The number of hydrogen-bond donors (Lipinski definition) is 1. The molecule has 5 nitrogen and oxygen atoms in total. The summed E-state index contributed by atoms with van der Waals surface area (Å²) in [5, 5.41) is 8.81. The molecule has 0 aliphatic rings. The molecule has 0 aliphatic heterocycles. The van der Waals surface area contributed by atoms with Crippen LogP contribution in [0.15, 0.2) is 16.7 Å². The number of rotatable bonds is 4. The van der Waals surface area contributed by atoms with Crippen LogP contribution >= 0.6 is 15.9 Å². The van der Waals surface area contributed by atoms with Crippen LogP contribution in [0.4, 0.5) is 0 Å². The van der Waals surface area contributed by atoms with E-state index in [1.54, 1.807) is 4.90 Å². The average molecular weight is 301 g/mol. The minimum atomic E-state index is -1.13. The van der Waals surface area contributed by atoms with Gasteiger partial charge in [0.2, 0.25) is 0 Å². The molecule has 0 aromatic carbocycles. The van der Waals surface area contributed by atoms with Gasteiger partial charge in [0.05, 0.1) is 10.0 Å². The van der Waals surface area contributed by atoms with Crippen LogP contribution in [0.2, 0.25) is 0 Å². The first-order chi connectivity index (χ1) is 8.01. The molecule has 17 heavy (non-hydrogen) atoms. The highest BCUT2D eigenvalue weighted by atomic mass is 79.9. The van der Waals surface area contributed by atoms with Crippen LogP contribution in [0.3, 0.4) is 0 Å². The number of carbonyl (C=O) groups excluding carboxylic acids is 1. The highest BCUT2D eigenvalue weighted by Crippen LogP contribution is 2.17. The molecule has 92 valence electrons. The Labute approximate surface area is 108 Å². The summed E-state index contributed by atoms with van der Waals surface area (Å²) in [7, 11) is 0. The summed E-state index contributed by atoms with van der Waals surface area (Å²) < 4.78 is 0.308. The second-order valence-corrected chi connectivity index (χ2v) is 4.19. The van der Waals surface area contributed by atoms with Gasteiger partial charge in [-0.05, 0) is 35.8 Å². The first-order valence-corrected chi connectivity index (χ1v) is 5.98. The van der Waals surface area contributed by atoms with Crippen LogP contribution in [0.5, 0.6) is 0 Å². The van der Waals surface area contributed by atoms with Crippen molar-refractivity contribution in [2.75, 3.05) is 13.1 Å². The van der Waals surface area contributed by atoms with Crippen LogP contribution in [-0.2, 0) is 0 Å². The molecule has 1 aromatic heterocycles. The molecule has 0 radical (unpaired) electrons. The van der Waals surface area contributed by atoms with E-state index < -0.39 is 5.97 Å². The molecule has 0 bridgehead atoms. The number of aromatic nitrogens is 1. The second-order valence-electron chi connectivity index (χ2n) is 3.34. The number of hydrogen-bond acceptors (Lipinski definition) is 3. The molecule has 1 amide bonds. The van der Waals surface area contributed by atoms with E-state index in [4.69, 9.17) is 5.11 Å². The van der Waals surface area contributed by atoms with Gasteiger partial charge in [0.25, 0.3) is 5.91 Å². The minimum Gasteiger partial charge on any atom is -0.476 e. The van der Waals surface area contributed by atoms with Crippen LogP contribution in [-0.4, -0.2) is 40.0 Å². The number of pyridine rings is 1. The number of amides is 1. The fourth-order valence-corrected chi connectivity index (χ4v) is 1.92. The van der Waals surface area contributed by atoms with Crippen molar-refractivity contribution in [2.45, 2.75) is 13.8 Å². The van der Waals surface area contributed by atoms with Crippen molar-refractivity contribution in [2.24, 2.45) is 0 Å². The van der Waals surface area contributed by atoms with Gasteiger partial charge < -0.3 is 10.0 Å². The van der Waals surface area contributed by atoms with Crippen LogP contribution in [0.1, 0.15) is 34.7 Å². The molecular weight excluding hydrogens is 288 g/mol. The SMILES string of the molecule is CCN(CC)C(=O)c1cnc(C(=O)O)c(Br)c1. The fraction of sp³-hybridized carbons (Fsp3) is 0.364. The van der Waals surface area contributed by atoms with Crippen molar-refractivity contribution >= 4 is 27.8 Å². The lowest BCUT2D eigenvalue weighted by Gasteiger charge is -2.18. The molecule has 0 fully saturated rings. The van der Waals surface area contributed by atoms with Gasteiger partial charge in [-0.2, -0.15) is 0 Å². The number of carboxylic acid groups (broad SMARTS) is 1. The second kappa shape index (κ2) is 5.77. The monoisotopic (exact) mass is 300 g/mol. The van der Waals surface area contributed by atoms with E-state index >= 15 is 0 Å². The molecule has 6 heteroatoms. The maximum absolute atomic E-state index is 12.0. The summed E-state index contributed by atoms with van der Waals surface area (Å²) in [6.45, 7) is 4.98. The number of aromatic carboxylic acids is 1. The topological polar surface area (TPSA) is 70.5 Å². The number of carboxylic acids is 1. The van der Waals surface area contributed by atoms with Gasteiger partial charge in [-0.3, -0.25) is 4.79 Å². The van der Waals surface area contributed by atoms with Crippen molar-refractivity contribution in [1.82, 2.24) is 9.88 Å². The molecule has 0 unspecified atom stereocenters. The summed E-state index contributed by atoms with van der Waals surface area (Å²) in [5.74, 6) is -1.28. The Kier molecular flexibility index (Phi) is 4.62. The van der Waals surface area contributed by atoms with E-state index in [0.717, 1.165) is 0 Å². The normalized spacial score (nSPS) is 10.1. The van der Waals surface area contributed by atoms with Crippen LogP contribution in [0, 0.1) is 0 Å². The average Bonchev–Trinajstić information content (AvgIpc) is 2.29. The van der Waals surface area contributed by atoms with Crippen molar-refractivity contribution in [3.05, 3.63) is 28.0 Å². The molecule has 1 N–H and O–H groups in total. The molecule has 1 aromatic rings. The lowest BCUT2D eigenvalue weighted by Crippen LogP contribution is -2.30. The van der Waals surface area contributed by atoms with Gasteiger partial charge in [0, 0.05) is 19.3 Å². The van der Waals surface area contributed by atoms with E-state index in [0.29, 0.717) is 23.1 Å². The van der Waals surface area contributed by atoms with Gasteiger partial charge in [-0.15, -0.1) is 0 Å². The Morgan fingerprint density at radius 1 is 1.41 bits per heavy atom. The molecular formula is C11H13BrN2O3. The molecule has 0 spiro atoms. The Balaban J connectivity index is 3.05. The summed E-state index contributed by atoms with van der Waals surface area (Å²) in [6.07, 6.45) is 1.29. The van der Waals surface area contributed by atoms with E-state index in [1.165, 1.54) is 12.3 Å². The van der Waals surface area contributed by atoms with Gasteiger partial charge in [-0.1, -0.05) is 0 Å². The number of halogens is 1. The lowest BCUT2D eigenvalue weighted by atomic mass is 10.2. The van der Waals surface area contributed by atoms with Crippen LogP contribution in [0.25, 0.3) is 0 Å². The predicted molar refractivity (Wildman–Crippen MR) is 66.1 cm³/mol. The van der Waals surface area contributed by atoms with Crippen molar-refractivity contribution in [1.29, 1.82) is 0 Å². The molecule has 1 rings (SSSR count). The summed E-state index contributed by atoms with van der Waals surface area (Å²) in [4.78, 5) is 28.1. The highest BCUT2D eigenvalue weighted by molar-refractivity contribution is 9.10. The Morgan fingerprint density at radius 3 is 2.41 bits per heavy atom. The zero-order valence-corrected chi connectivity index (χ0v) is 11.2. The number of carbonyl (C=O) groups is 2. The Morgan fingerprint density at radius 2 is 2.00 bits per heavy atom. The van der Waals surface area contributed by atoms with E-state index in [1.807, 2.05) is 13.8 Å². The smallest absolute Gasteiger partial charge is 0.355 e. The van der Waals surface area contributed by atoms with Crippen molar-refractivity contribution < 1.29 is 14.7 Å². The van der Waals surface area contributed by atoms with Crippen molar-refractivity contribution in [3.8, 4) is 0 Å². The highest BCUT2D eigenvalue weighted by Gasteiger charge is 2.16. The third-order valence-corrected chi connectivity index (χ3v) is 2.95. The zero-order valence-electron chi connectivity index (χ0n) is 9.61. The Bertz CT molecular complexity index is 444. The first kappa shape index (κ1) is 13.6. The maximum atomic E-state index is 12.0. The predicted octanol–water partition coefficient (Wildman–Crippen LogP) is 2.02. The standard InChI is InChI=1S/C11H13BrN2O3/c1-3-14(4-2)10(15)7-5-8(12)9(11(16)17)13-6-7/h5-6H,3-4H2,1-2H3,(H,16,17). The van der Waals surface area contributed by atoms with Crippen molar-refractivity contribution in [3.63, 3.8) is 0 Å². The van der Waals surface area contributed by atoms with Gasteiger partial charge in [0.15, 0.2) is 5.69 Å². The zero-order chi connectivity index (χ0) is 13.0. The largest absolute Gasteiger partial charge is 0.476 e. The fourth-order valence-electron chi connectivity index (χ4n) is 1.41. The first-order valence-electron chi connectivity index (χ1n) is 5.19. The van der Waals surface area contributed by atoms with Crippen LogP contribution < -0.4 is 0 Å². The van der Waals surface area contributed by atoms with Gasteiger partial charge >= 0.3 is 5.97 Å².